The zero-order valence-electron chi connectivity index (χ0n) is 22.6. The highest BCUT2D eigenvalue weighted by Crippen LogP contribution is 2.35. The first-order valence-corrected chi connectivity index (χ1v) is 16.7. The van der Waals surface area contributed by atoms with Crippen LogP contribution < -0.4 is 0 Å². The van der Waals surface area contributed by atoms with Gasteiger partial charge in [-0.05, 0) is 58.7 Å². The van der Waals surface area contributed by atoms with E-state index in [9.17, 15) is 0 Å². The summed E-state index contributed by atoms with van der Waals surface area (Å²) in [6.45, 7) is 9.67. The van der Waals surface area contributed by atoms with Crippen LogP contribution in [0.25, 0.3) is 0 Å². The molecule has 1 aliphatic heterocycles. The van der Waals surface area contributed by atoms with Crippen LogP contribution >= 0.6 is 0 Å². The van der Waals surface area contributed by atoms with E-state index in [4.69, 9.17) is 17.7 Å². The van der Waals surface area contributed by atoms with Crippen LogP contribution in [0.4, 0.5) is 0 Å². The highest BCUT2D eigenvalue weighted by molar-refractivity contribution is 6.66. The molecule has 0 aromatic heterocycles. The van der Waals surface area contributed by atoms with Gasteiger partial charge in [0.2, 0.25) is 0 Å². The summed E-state index contributed by atoms with van der Waals surface area (Å²) in [5, 5.41) is 0. The van der Waals surface area contributed by atoms with Crippen molar-refractivity contribution in [2.75, 3.05) is 88.0 Å². The number of hydrogen-bond donors (Lipinski definition) is 0. The van der Waals surface area contributed by atoms with Crippen LogP contribution in [0.15, 0.2) is 0 Å². The van der Waals surface area contributed by atoms with Gasteiger partial charge < -0.3 is 32.4 Å². The van der Waals surface area contributed by atoms with Crippen molar-refractivity contribution in [2.24, 2.45) is 0 Å². The van der Waals surface area contributed by atoms with Gasteiger partial charge in [0.15, 0.2) is 0 Å². The van der Waals surface area contributed by atoms with Gasteiger partial charge in [-0.15, -0.1) is 0 Å². The maximum atomic E-state index is 5.84. The third kappa shape index (κ3) is 13.3. The molecule has 0 saturated carbocycles. The molecule has 0 bridgehead atoms. The second kappa shape index (κ2) is 18.6. The van der Waals surface area contributed by atoms with Crippen molar-refractivity contribution in [1.82, 2.24) is 14.7 Å². The Balaban J connectivity index is 2.28. The third-order valence-corrected chi connectivity index (χ3v) is 13.1. The van der Waals surface area contributed by atoms with Gasteiger partial charge in [0.1, 0.15) is 0 Å². The monoisotopic (exact) mass is 517 g/mol. The summed E-state index contributed by atoms with van der Waals surface area (Å²) in [6, 6.07) is 1.03. The lowest BCUT2D eigenvalue weighted by Gasteiger charge is -2.34. The number of hydrogen-bond acceptors (Lipinski definition) is 7. The van der Waals surface area contributed by atoms with E-state index >= 15 is 0 Å². The van der Waals surface area contributed by atoms with E-state index in [-0.39, 0.29) is 4.66 Å². The number of nitrogens with zero attached hydrogens (tertiary/aromatic N) is 3. The first-order valence-electron chi connectivity index (χ1n) is 12.6. The molecule has 33 heavy (non-hydrogen) atoms. The number of unbranched alkanes of at least 4 members (excludes halogenated alkanes) is 4. The Morgan fingerprint density at radius 1 is 0.848 bits per heavy atom. The Morgan fingerprint density at radius 2 is 1.45 bits per heavy atom. The average Bonchev–Trinajstić information content (AvgIpc) is 2.82. The molecule has 4 radical (unpaired) electrons. The van der Waals surface area contributed by atoms with Gasteiger partial charge in [-0.2, -0.15) is 0 Å². The Morgan fingerprint density at radius 3 is 2.06 bits per heavy atom. The predicted molar refractivity (Wildman–Crippen MR) is 142 cm³/mol. The first kappa shape index (κ1) is 31.4. The molecule has 1 heterocycles. The van der Waals surface area contributed by atoms with Crippen molar-refractivity contribution in [1.29, 1.82) is 0 Å². The average molecular weight is 518 g/mol. The van der Waals surface area contributed by atoms with Crippen LogP contribution in [-0.4, -0.2) is 131 Å². The minimum Gasteiger partial charge on any atom is -0.397 e. The van der Waals surface area contributed by atoms with Crippen molar-refractivity contribution < 1.29 is 17.7 Å². The van der Waals surface area contributed by atoms with E-state index < -0.39 is 18.6 Å². The van der Waals surface area contributed by atoms with Gasteiger partial charge in [0.05, 0.1) is 9.52 Å². The molecule has 0 N–H and O–H groups in total. The lowest BCUT2D eigenvalue weighted by molar-refractivity contribution is 0.152. The van der Waals surface area contributed by atoms with Crippen molar-refractivity contribution in [3.63, 3.8) is 0 Å². The summed E-state index contributed by atoms with van der Waals surface area (Å²) in [7, 11) is 10.1. The van der Waals surface area contributed by atoms with Crippen LogP contribution in [0.3, 0.4) is 0 Å². The Kier molecular flexibility index (Phi) is 17.7. The lowest BCUT2D eigenvalue weighted by atomic mass is 10.1. The summed E-state index contributed by atoms with van der Waals surface area (Å²) in [4.78, 5) is 7.51. The Bertz CT molecular complexity index is 468. The molecule has 0 aromatic carbocycles. The number of likely N-dealkylation sites (N-methyl/N-ethyl adjacent to an activating group) is 1. The summed E-state index contributed by atoms with van der Waals surface area (Å²) < 4.78 is 22.6. The van der Waals surface area contributed by atoms with Gasteiger partial charge in [0, 0.05) is 59.3 Å². The van der Waals surface area contributed by atoms with Gasteiger partial charge in [-0.1, -0.05) is 32.6 Å². The van der Waals surface area contributed by atoms with Gasteiger partial charge in [-0.25, -0.2) is 0 Å². The maximum Gasteiger partial charge on any atom is 0.387 e. The van der Waals surface area contributed by atoms with Crippen molar-refractivity contribution in [2.45, 2.75) is 62.6 Å². The van der Waals surface area contributed by atoms with E-state index in [1.165, 1.54) is 71.2 Å². The molecule has 1 atom stereocenters. The molecule has 0 spiro atoms. The van der Waals surface area contributed by atoms with Crippen molar-refractivity contribution >= 4 is 28.1 Å². The van der Waals surface area contributed by atoms with Crippen LogP contribution in [0.2, 0.25) is 10.7 Å². The van der Waals surface area contributed by atoms with E-state index in [2.05, 4.69) is 35.7 Å². The Labute approximate surface area is 211 Å². The van der Waals surface area contributed by atoms with Gasteiger partial charge in [0.25, 0.3) is 0 Å². The molecule has 1 fully saturated rings. The van der Waals surface area contributed by atoms with Crippen LogP contribution in [0.1, 0.15) is 51.9 Å². The molecular formula is C23H51N3O4Si3. The molecule has 10 heteroatoms. The van der Waals surface area contributed by atoms with E-state index in [0.717, 1.165) is 34.7 Å². The Hall–Kier alpha value is 0.371. The van der Waals surface area contributed by atoms with Crippen LogP contribution in [0.5, 0.6) is 0 Å². The van der Waals surface area contributed by atoms with Crippen molar-refractivity contribution in [3.8, 4) is 0 Å². The number of rotatable bonds is 20. The zero-order valence-corrected chi connectivity index (χ0v) is 25.6. The van der Waals surface area contributed by atoms with E-state index in [0.29, 0.717) is 0 Å². The highest BCUT2D eigenvalue weighted by Gasteiger charge is 2.39. The SMILES string of the molecule is CO[Si](CCCN(C)C[Si]C(C)(CCCCCCCN1CCN(C)CC1)[Si](OC)OC)OC. The minimum absolute atomic E-state index is 0.163. The number of piperazine rings is 1. The van der Waals surface area contributed by atoms with Crippen LogP contribution in [0, 0.1) is 0 Å². The second-order valence-electron chi connectivity index (χ2n) is 9.49. The maximum absolute atomic E-state index is 5.84. The fraction of sp³-hybridized carbons (Fsp3) is 1.00. The standard InChI is InChI=1S/C23H51N3O4Si3/c1-23(33(29-6)30-7,31-22-25(3)15-13-21-32(27-4)28-5)14-11-9-8-10-12-16-26-19-17-24(2)18-20-26/h8-22H2,1-7H3. The molecule has 1 rings (SSSR count). The van der Waals surface area contributed by atoms with Crippen molar-refractivity contribution in [3.05, 3.63) is 0 Å². The highest BCUT2D eigenvalue weighted by atomic mass is 28.3. The van der Waals surface area contributed by atoms with Gasteiger partial charge in [-0.3, -0.25) is 0 Å². The molecule has 194 valence electrons. The van der Waals surface area contributed by atoms with Gasteiger partial charge >= 0.3 is 18.6 Å². The quantitative estimate of drug-likeness (QED) is 0.182. The van der Waals surface area contributed by atoms with Crippen LogP contribution in [-0.2, 0) is 17.7 Å². The fourth-order valence-corrected chi connectivity index (χ4v) is 9.41. The summed E-state index contributed by atoms with van der Waals surface area (Å²) >= 11 is 0. The molecule has 0 aromatic rings. The molecule has 1 aliphatic rings. The summed E-state index contributed by atoms with van der Waals surface area (Å²) in [6.07, 6.45) is 10.1. The largest absolute Gasteiger partial charge is 0.397 e. The minimum atomic E-state index is -1.27. The topological polar surface area (TPSA) is 46.6 Å². The summed E-state index contributed by atoms with van der Waals surface area (Å²) in [5.74, 6) is 0. The van der Waals surface area contributed by atoms with E-state index in [1.807, 2.05) is 14.2 Å². The molecule has 7 nitrogen and oxygen atoms in total. The third-order valence-electron chi connectivity index (χ3n) is 6.68. The normalized spacial score (nSPS) is 18.0. The van der Waals surface area contributed by atoms with E-state index in [1.54, 1.807) is 14.2 Å². The fourth-order valence-electron chi connectivity index (χ4n) is 4.38. The smallest absolute Gasteiger partial charge is 0.387 e. The lowest BCUT2D eigenvalue weighted by Crippen LogP contribution is -2.44. The molecule has 1 saturated heterocycles. The molecular weight excluding hydrogens is 467 g/mol. The molecule has 1 unspecified atom stereocenters. The molecule has 0 amide bonds. The summed E-state index contributed by atoms with van der Waals surface area (Å²) in [5.41, 5.74) is 0. The predicted octanol–water partition coefficient (Wildman–Crippen LogP) is 2.84. The molecule has 0 aliphatic carbocycles. The second-order valence-corrected chi connectivity index (χ2v) is 16.3. The zero-order chi connectivity index (χ0) is 24.5. The first-order chi connectivity index (χ1) is 15.9.